The van der Waals surface area contributed by atoms with Crippen LogP contribution < -0.4 is 9.47 Å². The molecule has 0 aliphatic carbocycles. The predicted octanol–water partition coefficient (Wildman–Crippen LogP) is 2.68. The third-order valence-corrected chi connectivity index (χ3v) is 6.24. The van der Waals surface area contributed by atoms with Crippen molar-refractivity contribution in [3.05, 3.63) is 23.8 Å². The lowest BCUT2D eigenvalue weighted by Gasteiger charge is -2.44. The summed E-state index contributed by atoms with van der Waals surface area (Å²) >= 11 is 0. The van der Waals surface area contributed by atoms with E-state index in [1.165, 1.54) is 0 Å². The minimum Gasteiger partial charge on any atom is -0.493 e. The highest BCUT2D eigenvalue weighted by atomic mass is 16.5. The molecule has 1 atom stereocenters. The van der Waals surface area contributed by atoms with Crippen LogP contribution in [0.15, 0.2) is 18.2 Å². The van der Waals surface area contributed by atoms with E-state index in [2.05, 4.69) is 18.7 Å². The molecule has 0 bridgehead atoms. The summed E-state index contributed by atoms with van der Waals surface area (Å²) in [6, 6.07) is 5.68. The Morgan fingerprint density at radius 3 is 2.43 bits per heavy atom. The number of likely N-dealkylation sites (tertiary alicyclic amines) is 2. The van der Waals surface area contributed by atoms with Crippen LogP contribution in [0.4, 0.5) is 0 Å². The van der Waals surface area contributed by atoms with E-state index in [0.717, 1.165) is 37.9 Å². The van der Waals surface area contributed by atoms with Gasteiger partial charge in [-0.3, -0.25) is 9.69 Å². The van der Waals surface area contributed by atoms with Crippen molar-refractivity contribution in [2.24, 2.45) is 5.41 Å². The van der Waals surface area contributed by atoms with Crippen molar-refractivity contribution in [1.29, 1.82) is 0 Å². The van der Waals surface area contributed by atoms with Crippen LogP contribution in [0.1, 0.15) is 45.1 Å². The van der Waals surface area contributed by atoms with Gasteiger partial charge in [-0.15, -0.1) is 0 Å². The Hall–Kier alpha value is -1.79. The summed E-state index contributed by atoms with van der Waals surface area (Å²) in [5.74, 6) is 1.12. The Bertz CT molecular complexity index is 696. The summed E-state index contributed by atoms with van der Waals surface area (Å²) in [5, 5.41) is 11.2. The molecule has 2 aliphatic heterocycles. The second-order valence-corrected chi connectivity index (χ2v) is 8.95. The Kier molecular flexibility index (Phi) is 6.20. The predicted molar refractivity (Wildman–Crippen MR) is 109 cm³/mol. The number of amides is 1. The van der Waals surface area contributed by atoms with E-state index in [1.54, 1.807) is 19.1 Å². The zero-order valence-corrected chi connectivity index (χ0v) is 17.7. The van der Waals surface area contributed by atoms with E-state index < -0.39 is 5.60 Å². The number of carbonyl (C=O) groups is 1. The van der Waals surface area contributed by atoms with Crippen molar-refractivity contribution in [3.63, 3.8) is 0 Å². The molecule has 6 heteroatoms. The number of para-hydroxylation sites is 1. The molecule has 1 aromatic carbocycles. The standard InChI is InChI=1S/C22H34N2O4/c1-21(2)10-13-23(14-11-21)16-22(26)9-6-12-24(20(22)25)15-17-7-5-8-18(27-3)19(17)28-4/h5,7-8,26H,6,9-16H2,1-4H3. The number of methoxy groups -OCH3 is 2. The minimum atomic E-state index is -1.30. The summed E-state index contributed by atoms with van der Waals surface area (Å²) < 4.78 is 10.9. The number of benzene rings is 1. The maximum absolute atomic E-state index is 13.2. The van der Waals surface area contributed by atoms with Crippen molar-refractivity contribution in [3.8, 4) is 11.5 Å². The highest BCUT2D eigenvalue weighted by Gasteiger charge is 2.44. The lowest BCUT2D eigenvalue weighted by molar-refractivity contribution is -0.160. The minimum absolute atomic E-state index is 0.173. The second-order valence-electron chi connectivity index (χ2n) is 8.95. The van der Waals surface area contributed by atoms with Gasteiger partial charge in [0.15, 0.2) is 17.1 Å². The summed E-state index contributed by atoms with van der Waals surface area (Å²) in [5.41, 5.74) is -0.0598. The number of piperidine rings is 2. The molecule has 3 rings (SSSR count). The number of aliphatic hydroxyl groups is 1. The molecule has 2 fully saturated rings. The van der Waals surface area contributed by atoms with Gasteiger partial charge >= 0.3 is 0 Å². The molecule has 0 aromatic heterocycles. The molecule has 0 radical (unpaired) electrons. The molecule has 1 N–H and O–H groups in total. The number of hydrogen-bond donors (Lipinski definition) is 1. The van der Waals surface area contributed by atoms with Crippen molar-refractivity contribution >= 4 is 5.91 Å². The fourth-order valence-corrected chi connectivity index (χ4v) is 4.33. The third-order valence-electron chi connectivity index (χ3n) is 6.24. The summed E-state index contributed by atoms with van der Waals surface area (Å²) in [7, 11) is 3.21. The Labute approximate surface area is 168 Å². The molecule has 156 valence electrons. The molecule has 28 heavy (non-hydrogen) atoms. The first-order valence-electron chi connectivity index (χ1n) is 10.2. The first kappa shape index (κ1) is 20.9. The first-order chi connectivity index (χ1) is 13.3. The SMILES string of the molecule is COc1cccc(CN2CCCC(O)(CN3CCC(C)(C)CC3)C2=O)c1OC. The van der Waals surface area contributed by atoms with Crippen LogP contribution in [-0.2, 0) is 11.3 Å². The number of nitrogens with zero attached hydrogens (tertiary/aromatic N) is 2. The largest absolute Gasteiger partial charge is 0.493 e. The van der Waals surface area contributed by atoms with Gasteiger partial charge in [-0.1, -0.05) is 26.0 Å². The number of β-amino-alcohol motifs (C(OH)–C–C–N with tert-alkyl or cyclic N) is 1. The normalized spacial score (nSPS) is 25.6. The average Bonchev–Trinajstić information content (AvgIpc) is 2.67. The van der Waals surface area contributed by atoms with Crippen molar-refractivity contribution in [1.82, 2.24) is 9.80 Å². The monoisotopic (exact) mass is 390 g/mol. The van der Waals surface area contributed by atoms with Gasteiger partial charge < -0.3 is 19.5 Å². The number of hydrogen-bond acceptors (Lipinski definition) is 5. The molecule has 1 unspecified atom stereocenters. The molecule has 2 heterocycles. The Morgan fingerprint density at radius 1 is 1.07 bits per heavy atom. The van der Waals surface area contributed by atoms with E-state index in [-0.39, 0.29) is 5.91 Å². The van der Waals surface area contributed by atoms with Gasteiger partial charge in [0.05, 0.1) is 14.2 Å². The molecule has 2 aliphatic rings. The van der Waals surface area contributed by atoms with E-state index in [0.29, 0.717) is 43.0 Å². The summed E-state index contributed by atoms with van der Waals surface area (Å²) in [4.78, 5) is 17.2. The van der Waals surface area contributed by atoms with Crippen LogP contribution in [0.2, 0.25) is 0 Å². The smallest absolute Gasteiger partial charge is 0.256 e. The van der Waals surface area contributed by atoms with Crippen LogP contribution in [-0.4, -0.2) is 66.8 Å². The molecule has 0 saturated carbocycles. The van der Waals surface area contributed by atoms with E-state index in [1.807, 2.05) is 18.2 Å². The third kappa shape index (κ3) is 4.44. The average molecular weight is 391 g/mol. The lowest BCUT2D eigenvalue weighted by atomic mass is 9.81. The van der Waals surface area contributed by atoms with Gasteiger partial charge in [0.2, 0.25) is 0 Å². The van der Waals surface area contributed by atoms with Gasteiger partial charge in [0.25, 0.3) is 5.91 Å². The second kappa shape index (κ2) is 8.29. The topological polar surface area (TPSA) is 62.2 Å². The quantitative estimate of drug-likeness (QED) is 0.809. The molecule has 6 nitrogen and oxygen atoms in total. The van der Waals surface area contributed by atoms with Gasteiger partial charge in [0, 0.05) is 25.2 Å². The molecule has 1 amide bonds. The maximum atomic E-state index is 13.2. The van der Waals surface area contributed by atoms with Crippen molar-refractivity contribution < 1.29 is 19.4 Å². The van der Waals surface area contributed by atoms with Gasteiger partial charge in [-0.25, -0.2) is 0 Å². The van der Waals surface area contributed by atoms with Crippen molar-refractivity contribution in [2.75, 3.05) is 40.4 Å². The highest BCUT2D eigenvalue weighted by molar-refractivity contribution is 5.86. The van der Waals surface area contributed by atoms with Crippen molar-refractivity contribution in [2.45, 2.75) is 51.7 Å². The van der Waals surface area contributed by atoms with E-state index in [4.69, 9.17) is 9.47 Å². The zero-order valence-electron chi connectivity index (χ0n) is 17.7. The summed E-state index contributed by atoms with van der Waals surface area (Å²) in [6.45, 7) is 7.93. The van der Waals surface area contributed by atoms with Crippen LogP contribution in [0.5, 0.6) is 11.5 Å². The zero-order chi connectivity index (χ0) is 20.4. The molecule has 1 aromatic rings. The Morgan fingerprint density at radius 2 is 1.79 bits per heavy atom. The van der Waals surface area contributed by atoms with Crippen LogP contribution in [0.3, 0.4) is 0 Å². The van der Waals surface area contributed by atoms with E-state index >= 15 is 0 Å². The molecular formula is C22H34N2O4. The maximum Gasteiger partial charge on any atom is 0.256 e. The molecule has 0 spiro atoms. The fourth-order valence-electron chi connectivity index (χ4n) is 4.33. The number of carbonyl (C=O) groups excluding carboxylic acids is 1. The van der Waals surface area contributed by atoms with Crippen LogP contribution in [0.25, 0.3) is 0 Å². The Balaban J connectivity index is 1.70. The number of rotatable bonds is 6. The number of ether oxygens (including phenoxy) is 2. The van der Waals surface area contributed by atoms with E-state index in [9.17, 15) is 9.90 Å². The molecular weight excluding hydrogens is 356 g/mol. The van der Waals surface area contributed by atoms with Crippen LogP contribution in [0, 0.1) is 5.41 Å². The lowest BCUT2D eigenvalue weighted by Crippen LogP contribution is -2.59. The molecule has 2 saturated heterocycles. The fraction of sp³-hybridized carbons (Fsp3) is 0.682. The van der Waals surface area contributed by atoms with Gasteiger partial charge in [0.1, 0.15) is 0 Å². The highest BCUT2D eigenvalue weighted by Crippen LogP contribution is 2.34. The van der Waals surface area contributed by atoms with Gasteiger partial charge in [-0.2, -0.15) is 0 Å². The van der Waals surface area contributed by atoms with Gasteiger partial charge in [-0.05, 0) is 50.3 Å². The first-order valence-corrected chi connectivity index (χ1v) is 10.2. The van der Waals surface area contributed by atoms with Crippen LogP contribution >= 0.6 is 0 Å². The summed E-state index contributed by atoms with van der Waals surface area (Å²) in [6.07, 6.45) is 3.52.